The highest BCUT2D eigenvalue weighted by Crippen LogP contribution is 2.70. The van der Waals surface area contributed by atoms with E-state index in [1.54, 1.807) is 17.6 Å². The maximum atomic E-state index is 3.88. The molecule has 4 saturated carbocycles. The first-order valence-electron chi connectivity index (χ1n) is 19.3. The number of benzene rings is 2. The molecule has 6 fully saturated rings. The molecule has 0 spiro atoms. The van der Waals surface area contributed by atoms with Gasteiger partial charge in [0.1, 0.15) is 0 Å². The van der Waals surface area contributed by atoms with Crippen molar-refractivity contribution in [2.45, 2.75) is 94.5 Å². The van der Waals surface area contributed by atoms with Gasteiger partial charge in [-0.05, 0) is 159 Å². The third-order valence-corrected chi connectivity index (χ3v) is 19.0. The standard InChI is InChI=1S/C43H60N2P2/c1-42(2,3)47(41-33-21-29-20-30(23-33)24-34(41)22-29)28-38-39(43(46,35-16-10-18-44-26-35)36-17-11-19-45-27-36)25-37(31-12-6-4-7-13-31)40(38)32-14-8-5-9-15-32/h4-9,12-15,25,29-30,33-36,38,41,44-45H,10-11,16-24,26-28,46H2,1-3H3. The first-order chi connectivity index (χ1) is 22.8. The monoisotopic (exact) mass is 666 g/mol. The van der Waals surface area contributed by atoms with Crippen molar-refractivity contribution < 1.29 is 0 Å². The van der Waals surface area contributed by atoms with E-state index < -0.39 is 0 Å². The van der Waals surface area contributed by atoms with Crippen LogP contribution in [0, 0.1) is 41.4 Å². The summed E-state index contributed by atoms with van der Waals surface area (Å²) in [4.78, 5) is 0. The summed E-state index contributed by atoms with van der Waals surface area (Å²) in [5.74, 6) is 5.80. The van der Waals surface area contributed by atoms with E-state index in [0.29, 0.717) is 22.9 Å². The van der Waals surface area contributed by atoms with Crippen LogP contribution in [-0.4, -0.2) is 48.3 Å². The molecule has 2 nitrogen and oxygen atoms in total. The van der Waals surface area contributed by atoms with Crippen molar-refractivity contribution in [1.82, 2.24) is 10.6 Å². The number of piperidine rings is 2. The fourth-order valence-electron chi connectivity index (χ4n) is 11.9. The third kappa shape index (κ3) is 6.19. The minimum atomic E-state index is -0.192. The molecule has 5 unspecified atom stereocenters. The molecule has 4 bridgehead atoms. The number of hydrogen-bond donors (Lipinski definition) is 2. The van der Waals surface area contributed by atoms with Crippen molar-refractivity contribution in [2.75, 3.05) is 32.3 Å². The Morgan fingerprint density at radius 3 is 1.74 bits per heavy atom. The Labute approximate surface area is 289 Å². The molecule has 5 aliphatic carbocycles. The Bertz CT molecular complexity index is 1400. The van der Waals surface area contributed by atoms with Gasteiger partial charge < -0.3 is 10.6 Å². The zero-order valence-corrected chi connectivity index (χ0v) is 31.4. The highest BCUT2D eigenvalue weighted by Gasteiger charge is 2.55. The molecule has 9 rings (SSSR count). The number of allylic oxidation sites excluding steroid dienone is 4. The maximum absolute atomic E-state index is 3.88. The fraction of sp³-hybridized carbons (Fsp3) is 0.628. The summed E-state index contributed by atoms with van der Waals surface area (Å²) in [6.45, 7) is 12.5. The smallest absolute Gasteiger partial charge is 0.0146 e. The van der Waals surface area contributed by atoms with E-state index in [2.05, 4.69) is 107 Å². The third-order valence-electron chi connectivity index (χ3n) is 13.7. The van der Waals surface area contributed by atoms with Gasteiger partial charge in [-0.15, -0.1) is 9.24 Å². The summed E-state index contributed by atoms with van der Waals surface area (Å²) in [6.07, 6.45) is 17.1. The molecule has 4 heteroatoms. The van der Waals surface area contributed by atoms with E-state index in [4.69, 9.17) is 0 Å². The van der Waals surface area contributed by atoms with Crippen LogP contribution in [0.4, 0.5) is 0 Å². The lowest BCUT2D eigenvalue weighted by Crippen LogP contribution is -2.53. The Hall–Kier alpha value is -1.30. The van der Waals surface area contributed by atoms with Gasteiger partial charge in [0.2, 0.25) is 0 Å². The molecule has 2 aromatic carbocycles. The number of hydrogen-bond acceptors (Lipinski definition) is 2. The van der Waals surface area contributed by atoms with Gasteiger partial charge in [0.15, 0.2) is 0 Å². The van der Waals surface area contributed by atoms with Crippen LogP contribution < -0.4 is 10.6 Å². The van der Waals surface area contributed by atoms with Gasteiger partial charge in [0.25, 0.3) is 0 Å². The first-order valence-corrected chi connectivity index (χ1v) is 21.5. The Balaban J connectivity index is 1.29. The second-order valence-corrected chi connectivity index (χ2v) is 21.7. The van der Waals surface area contributed by atoms with E-state index in [-0.39, 0.29) is 13.1 Å². The van der Waals surface area contributed by atoms with Crippen molar-refractivity contribution in [3.05, 3.63) is 83.4 Å². The second kappa shape index (κ2) is 13.4. The molecule has 2 N–H and O–H groups in total. The molecule has 2 aliphatic heterocycles. The average Bonchev–Trinajstić information content (AvgIpc) is 3.48. The van der Waals surface area contributed by atoms with Crippen LogP contribution in [-0.2, 0) is 0 Å². The van der Waals surface area contributed by atoms with Crippen molar-refractivity contribution in [1.29, 1.82) is 0 Å². The SMILES string of the molecule is CC(C)(C)P(CC1C(C(P)(C2CCCNC2)C2CCCNC2)=CC(c2ccccc2)=C1c1ccccc1)C1C2CC3CC(C2)CC1C3. The van der Waals surface area contributed by atoms with E-state index in [1.807, 2.05) is 0 Å². The molecule has 5 atom stereocenters. The van der Waals surface area contributed by atoms with Gasteiger partial charge in [-0.1, -0.05) is 101 Å². The predicted molar refractivity (Wildman–Crippen MR) is 207 cm³/mol. The molecule has 252 valence electrons. The minimum Gasteiger partial charge on any atom is -0.316 e. The van der Waals surface area contributed by atoms with Crippen LogP contribution in [0.2, 0.25) is 0 Å². The Kier molecular flexibility index (Phi) is 9.40. The number of nitrogens with one attached hydrogen (secondary N) is 2. The summed E-state index contributed by atoms with van der Waals surface area (Å²) >= 11 is 0. The Morgan fingerprint density at radius 2 is 1.26 bits per heavy atom. The van der Waals surface area contributed by atoms with Gasteiger partial charge in [0.05, 0.1) is 0 Å². The van der Waals surface area contributed by atoms with E-state index >= 15 is 0 Å². The van der Waals surface area contributed by atoms with Crippen molar-refractivity contribution >= 4 is 28.3 Å². The topological polar surface area (TPSA) is 24.1 Å². The summed E-state index contributed by atoms with van der Waals surface area (Å²) in [7, 11) is 3.47. The lowest BCUT2D eigenvalue weighted by Gasteiger charge is -2.59. The molecule has 2 aromatic rings. The van der Waals surface area contributed by atoms with Crippen molar-refractivity contribution in [3.63, 3.8) is 0 Å². The van der Waals surface area contributed by atoms with Gasteiger partial charge >= 0.3 is 0 Å². The van der Waals surface area contributed by atoms with Crippen molar-refractivity contribution in [3.8, 4) is 0 Å². The lowest BCUT2D eigenvalue weighted by molar-refractivity contribution is 0.0242. The lowest BCUT2D eigenvalue weighted by atomic mass is 9.56. The maximum Gasteiger partial charge on any atom is 0.0146 e. The average molecular weight is 667 g/mol. The summed E-state index contributed by atoms with van der Waals surface area (Å²) in [6, 6.07) is 23.1. The molecule has 0 amide bonds. The molecule has 0 radical (unpaired) electrons. The van der Waals surface area contributed by atoms with Crippen LogP contribution in [0.5, 0.6) is 0 Å². The summed E-state index contributed by atoms with van der Waals surface area (Å²) < 4.78 is 0. The van der Waals surface area contributed by atoms with Crippen LogP contribution in [0.3, 0.4) is 0 Å². The first kappa shape index (κ1) is 32.9. The van der Waals surface area contributed by atoms with Gasteiger partial charge in [-0.2, -0.15) is 0 Å². The van der Waals surface area contributed by atoms with Crippen LogP contribution >= 0.6 is 17.2 Å². The van der Waals surface area contributed by atoms with E-state index in [9.17, 15) is 0 Å². The van der Waals surface area contributed by atoms with Crippen LogP contribution in [0.1, 0.15) is 89.7 Å². The largest absolute Gasteiger partial charge is 0.316 e. The predicted octanol–water partition coefficient (Wildman–Crippen LogP) is 9.87. The second-order valence-electron chi connectivity index (χ2n) is 17.5. The normalized spacial score (nSPS) is 35.9. The molecule has 2 heterocycles. The quantitative estimate of drug-likeness (QED) is 0.274. The fourth-order valence-corrected chi connectivity index (χ4v) is 16.7. The highest BCUT2D eigenvalue weighted by atomic mass is 31.1. The minimum absolute atomic E-state index is 0.0883. The zero-order chi connectivity index (χ0) is 32.2. The summed E-state index contributed by atoms with van der Waals surface area (Å²) in [5.41, 5.74) is 8.70. The zero-order valence-electron chi connectivity index (χ0n) is 29.4. The van der Waals surface area contributed by atoms with Gasteiger partial charge in [0, 0.05) is 11.1 Å². The van der Waals surface area contributed by atoms with Crippen molar-refractivity contribution in [2.24, 2.45) is 41.4 Å². The van der Waals surface area contributed by atoms with Gasteiger partial charge in [-0.3, -0.25) is 0 Å². The van der Waals surface area contributed by atoms with Gasteiger partial charge in [-0.25, -0.2) is 0 Å². The molecule has 0 aromatic heterocycles. The molecule has 2 saturated heterocycles. The number of rotatable bonds is 8. The molecular formula is C43H60N2P2. The molecule has 47 heavy (non-hydrogen) atoms. The van der Waals surface area contributed by atoms with E-state index in [1.165, 1.54) is 87.3 Å². The highest BCUT2D eigenvalue weighted by molar-refractivity contribution is 7.60. The molecular weight excluding hydrogens is 606 g/mol. The van der Waals surface area contributed by atoms with E-state index in [0.717, 1.165) is 42.4 Å². The van der Waals surface area contributed by atoms with Crippen LogP contribution in [0.15, 0.2) is 72.3 Å². The Morgan fingerprint density at radius 1 is 0.723 bits per heavy atom. The summed E-state index contributed by atoms with van der Waals surface area (Å²) in [5, 5.41) is 8.21. The molecule has 7 aliphatic rings. The van der Waals surface area contributed by atoms with Crippen LogP contribution in [0.25, 0.3) is 11.1 Å².